The molecule has 130 valence electrons. The summed E-state index contributed by atoms with van der Waals surface area (Å²) in [5.41, 5.74) is -0.424. The molecule has 0 saturated heterocycles. The van der Waals surface area contributed by atoms with Crippen LogP contribution in [0.25, 0.3) is 0 Å². The summed E-state index contributed by atoms with van der Waals surface area (Å²) in [6.07, 6.45) is 8.16. The van der Waals surface area contributed by atoms with Gasteiger partial charge in [0.2, 0.25) is 0 Å². The number of amides is 1. The molecule has 0 aromatic heterocycles. The molecule has 1 aliphatic carbocycles. The summed E-state index contributed by atoms with van der Waals surface area (Å²) >= 11 is 0. The van der Waals surface area contributed by atoms with Crippen LogP contribution in [0, 0.1) is 11.8 Å². The molecule has 1 rings (SSSR count). The van der Waals surface area contributed by atoms with E-state index in [4.69, 9.17) is 4.74 Å². The van der Waals surface area contributed by atoms with Crippen molar-refractivity contribution in [1.29, 1.82) is 0 Å². The maximum absolute atomic E-state index is 11.9. The Morgan fingerprint density at radius 1 is 1.27 bits per heavy atom. The van der Waals surface area contributed by atoms with Gasteiger partial charge < -0.3 is 15.0 Å². The number of nitrogens with one attached hydrogen (secondary N) is 1. The van der Waals surface area contributed by atoms with Gasteiger partial charge in [0.1, 0.15) is 5.60 Å². The minimum absolute atomic E-state index is 0.235. The molecule has 1 amide bonds. The van der Waals surface area contributed by atoms with Crippen LogP contribution < -0.4 is 5.32 Å². The second-order valence-corrected chi connectivity index (χ2v) is 7.96. The molecular formula is C18H36N2O2. The Kier molecular flexibility index (Phi) is 8.23. The van der Waals surface area contributed by atoms with Gasteiger partial charge >= 0.3 is 6.09 Å². The molecule has 0 spiro atoms. The maximum Gasteiger partial charge on any atom is 0.410 e. The van der Waals surface area contributed by atoms with Crippen molar-refractivity contribution in [1.82, 2.24) is 10.2 Å². The fraction of sp³-hybridized carbons (Fsp3) is 0.944. The monoisotopic (exact) mass is 312 g/mol. The number of hydrogen-bond donors (Lipinski definition) is 1. The van der Waals surface area contributed by atoms with Gasteiger partial charge in [0.05, 0.1) is 0 Å². The normalized spacial score (nSPS) is 18.0. The first-order valence-electron chi connectivity index (χ1n) is 8.93. The van der Waals surface area contributed by atoms with Crippen LogP contribution in [0.3, 0.4) is 0 Å². The number of rotatable bonds is 7. The van der Waals surface area contributed by atoms with E-state index in [2.05, 4.69) is 12.2 Å². The van der Waals surface area contributed by atoms with Crippen LogP contribution in [0.1, 0.15) is 66.2 Å². The zero-order valence-electron chi connectivity index (χ0n) is 15.3. The molecule has 1 N–H and O–H groups in total. The zero-order valence-corrected chi connectivity index (χ0v) is 15.3. The number of hydrogen-bond acceptors (Lipinski definition) is 3. The molecule has 22 heavy (non-hydrogen) atoms. The van der Waals surface area contributed by atoms with E-state index in [0.717, 1.165) is 25.6 Å². The standard InChI is InChI=1S/C18H36N2O2/c1-15(14-20(5)17(21)22-18(2,3)4)13-19-12-11-16-9-7-6-8-10-16/h15-16,19H,6-14H2,1-5H3. The third kappa shape index (κ3) is 8.62. The summed E-state index contributed by atoms with van der Waals surface area (Å²) in [7, 11) is 1.81. The highest BCUT2D eigenvalue weighted by Crippen LogP contribution is 2.25. The number of ether oxygens (including phenoxy) is 1. The summed E-state index contributed by atoms with van der Waals surface area (Å²) in [4.78, 5) is 13.6. The molecule has 0 heterocycles. The van der Waals surface area contributed by atoms with Crippen LogP contribution in [0.5, 0.6) is 0 Å². The van der Waals surface area contributed by atoms with Gasteiger partial charge in [-0.1, -0.05) is 39.0 Å². The van der Waals surface area contributed by atoms with Gasteiger partial charge in [0.25, 0.3) is 0 Å². The second kappa shape index (κ2) is 9.39. The van der Waals surface area contributed by atoms with Gasteiger partial charge in [-0.3, -0.25) is 0 Å². The predicted molar refractivity (Wildman–Crippen MR) is 92.1 cm³/mol. The number of carbonyl (C=O) groups is 1. The van der Waals surface area contributed by atoms with E-state index in [1.807, 2.05) is 27.8 Å². The molecule has 0 radical (unpaired) electrons. The topological polar surface area (TPSA) is 41.6 Å². The van der Waals surface area contributed by atoms with E-state index >= 15 is 0 Å². The van der Waals surface area contributed by atoms with Gasteiger partial charge in [-0.2, -0.15) is 0 Å². The van der Waals surface area contributed by atoms with Crippen LogP contribution in [0.4, 0.5) is 4.79 Å². The van der Waals surface area contributed by atoms with Gasteiger partial charge in [-0.05, 0) is 52.1 Å². The molecule has 1 fully saturated rings. The van der Waals surface area contributed by atoms with E-state index in [-0.39, 0.29) is 6.09 Å². The van der Waals surface area contributed by atoms with Crippen LogP contribution in [0.15, 0.2) is 0 Å². The molecule has 4 heteroatoms. The molecule has 4 nitrogen and oxygen atoms in total. The van der Waals surface area contributed by atoms with Crippen molar-refractivity contribution in [2.45, 2.75) is 71.8 Å². The summed E-state index contributed by atoms with van der Waals surface area (Å²) in [6.45, 7) is 10.7. The fourth-order valence-electron chi connectivity index (χ4n) is 3.08. The highest BCUT2D eigenvalue weighted by atomic mass is 16.6. The molecule has 1 aliphatic rings. The molecule has 0 bridgehead atoms. The van der Waals surface area contributed by atoms with E-state index in [1.165, 1.54) is 38.5 Å². The first-order valence-corrected chi connectivity index (χ1v) is 8.93. The molecular weight excluding hydrogens is 276 g/mol. The summed E-state index contributed by atoms with van der Waals surface area (Å²) in [6, 6.07) is 0. The van der Waals surface area contributed by atoms with Gasteiger partial charge in [-0.25, -0.2) is 4.79 Å². The zero-order chi connectivity index (χ0) is 16.6. The predicted octanol–water partition coefficient (Wildman–Crippen LogP) is 4.05. The Bertz CT molecular complexity index is 320. The SMILES string of the molecule is CC(CNCCC1CCCCC1)CN(C)C(=O)OC(C)(C)C. The Labute approximate surface area is 137 Å². The maximum atomic E-state index is 11.9. The molecule has 1 saturated carbocycles. The van der Waals surface area contributed by atoms with Crippen LogP contribution in [-0.2, 0) is 4.74 Å². The average Bonchev–Trinajstić information content (AvgIpc) is 2.43. The van der Waals surface area contributed by atoms with E-state index in [1.54, 1.807) is 4.90 Å². The molecule has 0 aliphatic heterocycles. The van der Waals surface area contributed by atoms with Crippen LogP contribution in [0.2, 0.25) is 0 Å². The Morgan fingerprint density at radius 2 is 1.91 bits per heavy atom. The fourth-order valence-corrected chi connectivity index (χ4v) is 3.08. The summed E-state index contributed by atoms with van der Waals surface area (Å²) in [5.74, 6) is 1.37. The molecule has 1 atom stereocenters. The Morgan fingerprint density at radius 3 is 2.50 bits per heavy atom. The first kappa shape index (κ1) is 19.3. The third-order valence-corrected chi connectivity index (χ3v) is 4.24. The lowest BCUT2D eigenvalue weighted by molar-refractivity contribution is 0.0277. The van der Waals surface area contributed by atoms with Gasteiger partial charge in [0, 0.05) is 13.6 Å². The first-order chi connectivity index (χ1) is 10.3. The van der Waals surface area contributed by atoms with Crippen molar-refractivity contribution >= 4 is 6.09 Å². The summed E-state index contributed by atoms with van der Waals surface area (Å²) in [5, 5.41) is 3.55. The minimum atomic E-state index is -0.424. The van der Waals surface area contributed by atoms with E-state index in [0.29, 0.717) is 5.92 Å². The smallest absolute Gasteiger partial charge is 0.410 e. The highest BCUT2D eigenvalue weighted by Gasteiger charge is 2.20. The van der Waals surface area contributed by atoms with Crippen molar-refractivity contribution in [3.05, 3.63) is 0 Å². The van der Waals surface area contributed by atoms with Crippen molar-refractivity contribution < 1.29 is 9.53 Å². The van der Waals surface area contributed by atoms with Gasteiger partial charge in [0.15, 0.2) is 0 Å². The average molecular weight is 312 g/mol. The second-order valence-electron chi connectivity index (χ2n) is 7.96. The van der Waals surface area contributed by atoms with Crippen LogP contribution in [-0.4, -0.2) is 43.3 Å². The largest absolute Gasteiger partial charge is 0.444 e. The lowest BCUT2D eigenvalue weighted by Gasteiger charge is -2.27. The lowest BCUT2D eigenvalue weighted by Crippen LogP contribution is -2.38. The lowest BCUT2D eigenvalue weighted by atomic mass is 9.87. The van der Waals surface area contributed by atoms with Crippen LogP contribution >= 0.6 is 0 Å². The minimum Gasteiger partial charge on any atom is -0.444 e. The van der Waals surface area contributed by atoms with Crippen molar-refractivity contribution in [2.24, 2.45) is 11.8 Å². The molecule has 0 aromatic carbocycles. The van der Waals surface area contributed by atoms with Gasteiger partial charge in [-0.15, -0.1) is 0 Å². The van der Waals surface area contributed by atoms with E-state index < -0.39 is 5.60 Å². The Hall–Kier alpha value is -0.770. The number of nitrogens with zero attached hydrogens (tertiary/aromatic N) is 1. The van der Waals surface area contributed by atoms with Crippen molar-refractivity contribution in [2.75, 3.05) is 26.7 Å². The Balaban J connectivity index is 2.11. The molecule has 0 aromatic rings. The highest BCUT2D eigenvalue weighted by molar-refractivity contribution is 5.67. The third-order valence-electron chi connectivity index (χ3n) is 4.24. The van der Waals surface area contributed by atoms with Crippen molar-refractivity contribution in [3.63, 3.8) is 0 Å². The van der Waals surface area contributed by atoms with E-state index in [9.17, 15) is 4.79 Å². The quantitative estimate of drug-likeness (QED) is 0.721. The number of carbonyl (C=O) groups excluding carboxylic acids is 1. The van der Waals surface area contributed by atoms with Crippen molar-refractivity contribution in [3.8, 4) is 0 Å². The summed E-state index contributed by atoms with van der Waals surface area (Å²) < 4.78 is 5.37. The molecule has 1 unspecified atom stereocenters.